The Labute approximate surface area is 210 Å². The topological polar surface area (TPSA) is 157 Å². The number of ether oxygens (including phenoxy) is 1. The molecule has 2 atom stereocenters. The predicted octanol–water partition coefficient (Wildman–Crippen LogP) is 2.09. The van der Waals surface area contributed by atoms with Crippen LogP contribution in [0.15, 0.2) is 12.2 Å². The molecule has 4 amide bonds. The van der Waals surface area contributed by atoms with Gasteiger partial charge in [-0.05, 0) is 38.0 Å². The molecule has 0 aliphatic carbocycles. The fraction of sp³-hybridized carbons (Fsp3) is 0.696. The van der Waals surface area contributed by atoms with Gasteiger partial charge in [0.1, 0.15) is 6.04 Å². The fourth-order valence-corrected chi connectivity index (χ4v) is 3.23. The quantitative estimate of drug-likeness (QED) is 0.0891. The molecule has 0 aromatic heterocycles. The summed E-state index contributed by atoms with van der Waals surface area (Å²) in [5.74, 6) is -1.43. The molecule has 0 radical (unpaired) electrons. The van der Waals surface area contributed by atoms with Crippen LogP contribution in [0.25, 0.3) is 0 Å². The highest BCUT2D eigenvalue weighted by Gasteiger charge is 2.27. The highest BCUT2D eigenvalue weighted by Crippen LogP contribution is 2.08. The summed E-state index contributed by atoms with van der Waals surface area (Å²) < 4.78 is 5.07. The lowest BCUT2D eigenvalue weighted by atomic mass is 10.00. The fourth-order valence-electron chi connectivity index (χ4n) is 3.01. The first-order valence-corrected chi connectivity index (χ1v) is 12.7. The normalized spacial score (nSPS) is 12.4. The zero-order valence-corrected chi connectivity index (χ0v) is 22.0. The Kier molecular flexibility index (Phi) is 16.7. The molecule has 0 aliphatic heterocycles. The van der Waals surface area contributed by atoms with Crippen molar-refractivity contribution in [1.82, 2.24) is 16.0 Å². The zero-order chi connectivity index (χ0) is 26.1. The van der Waals surface area contributed by atoms with Gasteiger partial charge in [0.2, 0.25) is 11.8 Å². The second kappa shape index (κ2) is 18.0. The van der Waals surface area contributed by atoms with E-state index in [4.69, 9.17) is 10.5 Å². The van der Waals surface area contributed by atoms with E-state index >= 15 is 0 Å². The van der Waals surface area contributed by atoms with Crippen LogP contribution in [-0.4, -0.2) is 60.2 Å². The van der Waals surface area contributed by atoms with Crippen molar-refractivity contribution in [3.05, 3.63) is 12.2 Å². The first-order chi connectivity index (χ1) is 16.0. The van der Waals surface area contributed by atoms with Gasteiger partial charge in [-0.1, -0.05) is 43.3 Å². The molecular formula is C23H39BrN4O6. The van der Waals surface area contributed by atoms with Gasteiger partial charge >= 0.3 is 12.0 Å². The number of halogens is 1. The van der Waals surface area contributed by atoms with Gasteiger partial charge in [0.25, 0.3) is 0 Å². The monoisotopic (exact) mass is 546 g/mol. The number of carbonyl (C=O) groups excluding carboxylic acids is 5. The van der Waals surface area contributed by atoms with E-state index in [2.05, 4.69) is 38.5 Å². The number of Topliss-reactive ketones (excluding diaryl/α,β-unsaturated/α-hetero) is 1. The number of urea groups is 1. The molecule has 0 bridgehead atoms. The lowest BCUT2D eigenvalue weighted by Gasteiger charge is -2.25. The van der Waals surface area contributed by atoms with Gasteiger partial charge in [-0.2, -0.15) is 0 Å². The molecule has 0 heterocycles. The maximum atomic E-state index is 12.8. The van der Waals surface area contributed by atoms with Gasteiger partial charge in [-0.15, -0.1) is 0 Å². The minimum Gasteiger partial charge on any atom is -0.462 e. The predicted molar refractivity (Wildman–Crippen MR) is 133 cm³/mol. The number of hydrogen-bond acceptors (Lipinski definition) is 6. The standard InChI is InChI=1S/C23H39BrN4O6/c1-5-18(29)17(10-9-12-26-23(25)33)27-21(31)20(15(2)3)28-19(30)11-7-6-8-13-34-22(32)16(4)14-24/h15,17,20H,4-14H2,1-3H3,(H,27,31)(H,28,30)(H3,25,26,33)/t17-,20-/m0/s1. The molecule has 34 heavy (non-hydrogen) atoms. The minimum absolute atomic E-state index is 0.123. The van der Waals surface area contributed by atoms with Crippen molar-refractivity contribution in [3.8, 4) is 0 Å². The number of esters is 1. The molecule has 11 heteroatoms. The average Bonchev–Trinajstić information content (AvgIpc) is 2.79. The number of rotatable bonds is 18. The molecule has 0 rings (SSSR count). The molecule has 0 aromatic rings. The summed E-state index contributed by atoms with van der Waals surface area (Å²) >= 11 is 3.14. The van der Waals surface area contributed by atoms with Crippen molar-refractivity contribution >= 4 is 45.5 Å². The highest BCUT2D eigenvalue weighted by atomic mass is 79.9. The maximum Gasteiger partial charge on any atom is 0.334 e. The van der Waals surface area contributed by atoms with E-state index in [0.717, 1.165) is 0 Å². The number of alkyl halides is 1. The van der Waals surface area contributed by atoms with Crippen LogP contribution in [-0.2, 0) is 23.9 Å². The average molecular weight is 547 g/mol. The Balaban J connectivity index is 4.57. The Bertz CT molecular complexity index is 714. The molecule has 0 fully saturated rings. The summed E-state index contributed by atoms with van der Waals surface area (Å²) in [4.78, 5) is 59.7. The van der Waals surface area contributed by atoms with E-state index in [9.17, 15) is 24.0 Å². The second-order valence-electron chi connectivity index (χ2n) is 8.29. The van der Waals surface area contributed by atoms with Crippen molar-refractivity contribution in [2.24, 2.45) is 11.7 Å². The van der Waals surface area contributed by atoms with Crippen molar-refractivity contribution < 1.29 is 28.7 Å². The Hall–Kier alpha value is -2.43. The number of hydrogen-bond donors (Lipinski definition) is 4. The molecule has 0 spiro atoms. The van der Waals surface area contributed by atoms with Gasteiger partial charge in [0, 0.05) is 30.3 Å². The molecule has 5 N–H and O–H groups in total. The van der Waals surface area contributed by atoms with Crippen LogP contribution in [0, 0.1) is 5.92 Å². The zero-order valence-electron chi connectivity index (χ0n) is 20.4. The summed E-state index contributed by atoms with van der Waals surface area (Å²) in [6.07, 6.45) is 3.20. The van der Waals surface area contributed by atoms with Crippen molar-refractivity contribution in [2.45, 2.75) is 77.8 Å². The highest BCUT2D eigenvalue weighted by molar-refractivity contribution is 9.09. The third kappa shape index (κ3) is 14.0. The first kappa shape index (κ1) is 31.6. The van der Waals surface area contributed by atoms with Gasteiger partial charge < -0.3 is 26.4 Å². The van der Waals surface area contributed by atoms with Crippen LogP contribution >= 0.6 is 15.9 Å². The van der Waals surface area contributed by atoms with E-state index in [1.54, 1.807) is 6.92 Å². The SMILES string of the molecule is C=C(CBr)C(=O)OCCCCCC(=O)N[C@H](C(=O)N[C@@H](CCCNC(N)=O)C(=O)CC)C(C)C. The van der Waals surface area contributed by atoms with E-state index in [-0.39, 0.29) is 37.1 Å². The molecule has 194 valence electrons. The third-order valence-corrected chi connectivity index (χ3v) is 5.70. The van der Waals surface area contributed by atoms with E-state index in [1.165, 1.54) is 0 Å². The molecule has 0 saturated carbocycles. The molecule has 0 aromatic carbocycles. The van der Waals surface area contributed by atoms with Gasteiger partial charge in [0.15, 0.2) is 5.78 Å². The Morgan fingerprint density at radius 3 is 2.26 bits per heavy atom. The molecule has 0 saturated heterocycles. The number of amides is 4. The first-order valence-electron chi connectivity index (χ1n) is 11.6. The lowest BCUT2D eigenvalue weighted by molar-refractivity contribution is -0.139. The molecular weight excluding hydrogens is 508 g/mol. The van der Waals surface area contributed by atoms with Crippen molar-refractivity contribution in [2.75, 3.05) is 18.5 Å². The van der Waals surface area contributed by atoms with E-state index < -0.39 is 30.0 Å². The molecule has 10 nitrogen and oxygen atoms in total. The van der Waals surface area contributed by atoms with Crippen molar-refractivity contribution in [3.63, 3.8) is 0 Å². The van der Waals surface area contributed by atoms with E-state index in [0.29, 0.717) is 49.6 Å². The number of primary amides is 1. The summed E-state index contributed by atoms with van der Waals surface area (Å²) in [5.41, 5.74) is 5.38. The Morgan fingerprint density at radius 1 is 1.03 bits per heavy atom. The summed E-state index contributed by atoms with van der Waals surface area (Å²) in [7, 11) is 0. The number of ketones is 1. The summed E-state index contributed by atoms with van der Waals surface area (Å²) in [6.45, 7) is 9.47. The smallest absolute Gasteiger partial charge is 0.334 e. The number of nitrogens with two attached hydrogens (primary N) is 1. The Morgan fingerprint density at radius 2 is 1.71 bits per heavy atom. The number of unbranched alkanes of at least 4 members (excludes halogenated alkanes) is 2. The number of nitrogens with one attached hydrogen (secondary N) is 3. The second-order valence-corrected chi connectivity index (χ2v) is 8.85. The minimum atomic E-state index is -0.778. The molecule has 0 unspecified atom stereocenters. The number of carbonyl (C=O) groups is 5. The van der Waals surface area contributed by atoms with Crippen LogP contribution < -0.4 is 21.7 Å². The van der Waals surface area contributed by atoms with Gasteiger partial charge in [-0.25, -0.2) is 9.59 Å². The van der Waals surface area contributed by atoms with Crippen LogP contribution in [0.4, 0.5) is 4.79 Å². The van der Waals surface area contributed by atoms with Crippen molar-refractivity contribution in [1.29, 1.82) is 0 Å². The van der Waals surface area contributed by atoms with E-state index in [1.807, 2.05) is 13.8 Å². The molecule has 0 aliphatic rings. The van der Waals surface area contributed by atoms with Crippen LogP contribution in [0.3, 0.4) is 0 Å². The summed E-state index contributed by atoms with van der Waals surface area (Å²) in [6, 6.07) is -2.13. The van der Waals surface area contributed by atoms with Crippen LogP contribution in [0.5, 0.6) is 0 Å². The van der Waals surface area contributed by atoms with Gasteiger partial charge in [-0.3, -0.25) is 14.4 Å². The largest absolute Gasteiger partial charge is 0.462 e. The van der Waals surface area contributed by atoms with Gasteiger partial charge in [0.05, 0.1) is 12.6 Å². The third-order valence-electron chi connectivity index (χ3n) is 5.02. The maximum absolute atomic E-state index is 12.8. The summed E-state index contributed by atoms with van der Waals surface area (Å²) in [5, 5.41) is 8.31. The lowest BCUT2D eigenvalue weighted by Crippen LogP contribution is -2.53. The van der Waals surface area contributed by atoms with Crippen LogP contribution in [0.2, 0.25) is 0 Å². The van der Waals surface area contributed by atoms with Crippen LogP contribution in [0.1, 0.15) is 65.7 Å².